The Morgan fingerprint density at radius 1 is 0.958 bits per heavy atom. The van der Waals surface area contributed by atoms with Crippen molar-refractivity contribution < 1.29 is 39.1 Å². The second-order valence-electron chi connectivity index (χ2n) is 5.95. The molecule has 0 saturated carbocycles. The molecule has 0 saturated heterocycles. The Kier molecular flexibility index (Phi) is 10.6. The lowest BCUT2D eigenvalue weighted by molar-refractivity contribution is -0.178. The van der Waals surface area contributed by atoms with Gasteiger partial charge in [0, 0.05) is 12.0 Å². The zero-order valence-electron chi connectivity index (χ0n) is 13.8. The number of carbonyl (C=O) groups is 2. The summed E-state index contributed by atoms with van der Waals surface area (Å²) in [5, 5.41) is 26.9. The molecule has 0 aromatic heterocycles. The highest BCUT2D eigenvalue weighted by Crippen LogP contribution is 2.44. The first kappa shape index (κ1) is 23.7. The van der Waals surface area contributed by atoms with E-state index < -0.39 is 27.6 Å². The summed E-state index contributed by atoms with van der Waals surface area (Å²) in [5.74, 6) is -2.91. The van der Waals surface area contributed by atoms with Crippen LogP contribution in [-0.2, 0) is 23.8 Å². The highest BCUT2D eigenvalue weighted by Gasteiger charge is 2.39. The molecular weight excluding hydrogens is 456 g/mol. The molecule has 2 atom stereocenters. The smallest absolute Gasteiger partial charge is 0.336 e. The third-order valence-electron chi connectivity index (χ3n) is 2.90. The first-order chi connectivity index (χ1) is 10.9. The molecule has 0 fully saturated rings. The van der Waals surface area contributed by atoms with E-state index in [0.717, 1.165) is 0 Å². The maximum atomic E-state index is 11.3. The number of aliphatic carboxylic acids is 2. The van der Waals surface area contributed by atoms with Crippen LogP contribution in [0.2, 0.25) is 0 Å². The van der Waals surface area contributed by atoms with Crippen molar-refractivity contribution in [1.82, 2.24) is 0 Å². The van der Waals surface area contributed by atoms with Gasteiger partial charge in [-0.15, -0.1) is 0 Å². The Labute approximate surface area is 157 Å². The summed E-state index contributed by atoms with van der Waals surface area (Å²) < 4.78 is 14.8. The van der Waals surface area contributed by atoms with Gasteiger partial charge in [0.2, 0.25) is 0 Å². The normalized spacial score (nSPS) is 15.1. The van der Waals surface area contributed by atoms with Crippen molar-refractivity contribution in [2.75, 3.05) is 26.4 Å². The maximum Gasteiger partial charge on any atom is 0.336 e. The summed E-state index contributed by atoms with van der Waals surface area (Å²) >= 11 is 6.75. The van der Waals surface area contributed by atoms with Crippen molar-refractivity contribution in [3.63, 3.8) is 0 Å². The Bertz CT molecular complexity index is 408. The van der Waals surface area contributed by atoms with Crippen LogP contribution in [0.25, 0.3) is 0 Å². The van der Waals surface area contributed by atoms with E-state index in [1.807, 2.05) is 20.8 Å². The van der Waals surface area contributed by atoms with E-state index in [2.05, 4.69) is 31.9 Å². The molecule has 0 radical (unpaired) electrons. The standard InChI is InChI=1S/C14H24Br2O8/c1-13(2,3)14(15,16)24-8-7-23-10(12(20)21)9(11(18)19)22-6-4-5-17/h9-10,17H,4-8H2,1-3H3,(H,18,19)(H,20,21). The maximum absolute atomic E-state index is 11.3. The molecule has 10 heteroatoms. The van der Waals surface area contributed by atoms with Crippen LogP contribution in [0.4, 0.5) is 0 Å². The first-order valence-corrected chi connectivity index (χ1v) is 8.84. The molecule has 0 bridgehead atoms. The molecule has 3 N–H and O–H groups in total. The van der Waals surface area contributed by atoms with Crippen LogP contribution in [-0.4, -0.2) is 69.3 Å². The van der Waals surface area contributed by atoms with Gasteiger partial charge in [0.05, 0.1) is 19.8 Å². The topological polar surface area (TPSA) is 123 Å². The molecule has 0 spiro atoms. The highest BCUT2D eigenvalue weighted by atomic mass is 79.9. The molecule has 0 aromatic rings. The van der Waals surface area contributed by atoms with Crippen LogP contribution in [0.3, 0.4) is 0 Å². The molecule has 0 aromatic carbocycles. The molecule has 8 nitrogen and oxygen atoms in total. The van der Waals surface area contributed by atoms with E-state index in [1.54, 1.807) is 0 Å². The van der Waals surface area contributed by atoms with Crippen LogP contribution < -0.4 is 0 Å². The molecule has 24 heavy (non-hydrogen) atoms. The van der Waals surface area contributed by atoms with E-state index in [1.165, 1.54) is 0 Å². The third-order valence-corrected chi connectivity index (χ3v) is 5.74. The van der Waals surface area contributed by atoms with E-state index in [-0.39, 0.29) is 38.3 Å². The molecule has 0 aliphatic rings. The number of hydrogen-bond acceptors (Lipinski definition) is 6. The van der Waals surface area contributed by atoms with Crippen molar-refractivity contribution >= 4 is 43.8 Å². The Balaban J connectivity index is 4.62. The largest absolute Gasteiger partial charge is 0.479 e. The minimum atomic E-state index is -1.68. The van der Waals surface area contributed by atoms with Gasteiger partial charge in [0.1, 0.15) is 0 Å². The van der Waals surface area contributed by atoms with Crippen LogP contribution >= 0.6 is 31.9 Å². The lowest BCUT2D eigenvalue weighted by Crippen LogP contribution is -2.44. The lowest BCUT2D eigenvalue weighted by Gasteiger charge is -2.34. The molecule has 0 rings (SSSR count). The fourth-order valence-corrected chi connectivity index (χ4v) is 1.74. The predicted molar refractivity (Wildman–Crippen MR) is 92.4 cm³/mol. The monoisotopic (exact) mass is 478 g/mol. The second kappa shape index (κ2) is 10.7. The molecular formula is C14H24Br2O8. The van der Waals surface area contributed by atoms with Crippen LogP contribution in [0.5, 0.6) is 0 Å². The summed E-state index contributed by atoms with van der Waals surface area (Å²) in [6.45, 7) is 5.38. The summed E-state index contributed by atoms with van der Waals surface area (Å²) in [7, 11) is 0. The molecule has 142 valence electrons. The van der Waals surface area contributed by atoms with Gasteiger partial charge < -0.3 is 29.5 Å². The first-order valence-electron chi connectivity index (χ1n) is 7.25. The van der Waals surface area contributed by atoms with Gasteiger partial charge in [-0.1, -0.05) is 20.8 Å². The van der Waals surface area contributed by atoms with Gasteiger partial charge in [0.25, 0.3) is 0 Å². The Morgan fingerprint density at radius 3 is 1.79 bits per heavy atom. The second-order valence-corrected chi connectivity index (χ2v) is 9.25. The van der Waals surface area contributed by atoms with Gasteiger partial charge in [0.15, 0.2) is 15.6 Å². The predicted octanol–water partition coefficient (Wildman–Crippen LogP) is 1.81. The van der Waals surface area contributed by atoms with Crippen LogP contribution in [0, 0.1) is 5.41 Å². The Morgan fingerprint density at radius 2 is 1.42 bits per heavy atom. The molecule has 0 heterocycles. The number of aliphatic hydroxyl groups excluding tert-OH is 1. The van der Waals surface area contributed by atoms with E-state index in [0.29, 0.717) is 0 Å². The molecule has 0 aliphatic heterocycles. The van der Waals surface area contributed by atoms with E-state index in [4.69, 9.17) is 29.5 Å². The van der Waals surface area contributed by atoms with Crippen molar-refractivity contribution in [3.05, 3.63) is 0 Å². The number of rotatable bonds is 12. The fraction of sp³-hybridized carbons (Fsp3) is 0.857. The van der Waals surface area contributed by atoms with E-state index in [9.17, 15) is 9.59 Å². The van der Waals surface area contributed by atoms with Crippen molar-refractivity contribution in [1.29, 1.82) is 0 Å². The Hall–Kier alpha value is -0.260. The van der Waals surface area contributed by atoms with Crippen molar-refractivity contribution in [2.45, 2.75) is 42.8 Å². The van der Waals surface area contributed by atoms with Gasteiger partial charge in [-0.05, 0) is 38.3 Å². The summed E-state index contributed by atoms with van der Waals surface area (Å²) in [6, 6.07) is 0. The van der Waals surface area contributed by atoms with Gasteiger partial charge in [-0.25, -0.2) is 9.59 Å². The van der Waals surface area contributed by atoms with Gasteiger partial charge >= 0.3 is 11.9 Å². The average molecular weight is 480 g/mol. The zero-order valence-corrected chi connectivity index (χ0v) is 17.0. The number of ether oxygens (including phenoxy) is 3. The number of halogens is 2. The number of aliphatic hydroxyl groups is 1. The summed E-state index contributed by atoms with van der Waals surface area (Å²) in [4.78, 5) is 22.4. The average Bonchev–Trinajstić information content (AvgIpc) is 2.42. The zero-order chi connectivity index (χ0) is 19.0. The highest BCUT2D eigenvalue weighted by molar-refractivity contribution is 9.25. The molecule has 2 unspecified atom stereocenters. The van der Waals surface area contributed by atoms with Gasteiger partial charge in [-0.2, -0.15) is 0 Å². The summed E-state index contributed by atoms with van der Waals surface area (Å²) in [5.41, 5.74) is -0.295. The van der Waals surface area contributed by atoms with Crippen molar-refractivity contribution in [3.8, 4) is 0 Å². The van der Waals surface area contributed by atoms with Gasteiger partial charge in [-0.3, -0.25) is 0 Å². The van der Waals surface area contributed by atoms with Crippen molar-refractivity contribution in [2.24, 2.45) is 5.41 Å². The third kappa shape index (κ3) is 8.21. The number of carboxylic acid groups (broad SMARTS) is 2. The number of carboxylic acids is 2. The summed E-state index contributed by atoms with van der Waals surface area (Å²) in [6.07, 6.45) is -3.16. The molecule has 0 amide bonds. The van der Waals surface area contributed by atoms with Crippen LogP contribution in [0.15, 0.2) is 0 Å². The van der Waals surface area contributed by atoms with Crippen LogP contribution in [0.1, 0.15) is 27.2 Å². The number of alkyl halides is 2. The minimum absolute atomic E-state index is 0.0283. The van der Waals surface area contributed by atoms with E-state index >= 15 is 0 Å². The molecule has 0 aliphatic carbocycles. The fourth-order valence-electron chi connectivity index (χ4n) is 1.41. The lowest BCUT2D eigenvalue weighted by atomic mass is 9.98. The quantitative estimate of drug-likeness (QED) is 0.286. The SMILES string of the molecule is CC(C)(C)C(Br)(Br)OCCOC(C(=O)O)C(OCCCO)C(=O)O. The number of hydrogen-bond donors (Lipinski definition) is 3. The minimum Gasteiger partial charge on any atom is -0.479 e.